The fourth-order valence-electron chi connectivity index (χ4n) is 2.14. The molecule has 0 radical (unpaired) electrons. The first-order valence-corrected chi connectivity index (χ1v) is 6.92. The first-order chi connectivity index (χ1) is 8.86. The Morgan fingerprint density at radius 2 is 2.16 bits per heavy atom. The molecule has 0 fully saturated rings. The van der Waals surface area contributed by atoms with E-state index in [4.69, 9.17) is 11.6 Å². The van der Waals surface area contributed by atoms with Crippen molar-refractivity contribution < 1.29 is 4.79 Å². The number of carbonyl (C=O) groups excluding carboxylic acids is 1. The van der Waals surface area contributed by atoms with Gasteiger partial charge in [0.25, 0.3) is 0 Å². The van der Waals surface area contributed by atoms with Gasteiger partial charge in [0, 0.05) is 6.54 Å². The summed E-state index contributed by atoms with van der Waals surface area (Å²) in [5.41, 5.74) is 3.71. The van der Waals surface area contributed by atoms with Gasteiger partial charge in [-0.2, -0.15) is 0 Å². The highest BCUT2D eigenvalue weighted by Crippen LogP contribution is 2.32. The van der Waals surface area contributed by atoms with Gasteiger partial charge in [-0.3, -0.25) is 4.79 Å². The molecular weight excluding hydrogens is 258 g/mol. The number of alkyl halides is 1. The predicted molar refractivity (Wildman–Crippen MR) is 81.6 cm³/mol. The lowest BCUT2D eigenvalue weighted by Crippen LogP contribution is -2.22. The summed E-state index contributed by atoms with van der Waals surface area (Å²) in [6.07, 6.45) is 3.10. The van der Waals surface area contributed by atoms with E-state index in [9.17, 15) is 4.79 Å². The Balaban J connectivity index is 2.72. The summed E-state index contributed by atoms with van der Waals surface area (Å²) in [7, 11) is 0. The monoisotopic (exact) mass is 279 g/mol. The van der Waals surface area contributed by atoms with E-state index in [1.54, 1.807) is 0 Å². The minimum Gasteiger partial charge on any atom is -0.353 e. The van der Waals surface area contributed by atoms with E-state index in [1.165, 1.54) is 22.8 Å². The van der Waals surface area contributed by atoms with Crippen LogP contribution < -0.4 is 5.32 Å². The number of hydrogen-bond acceptors (Lipinski definition) is 1. The topological polar surface area (TPSA) is 29.1 Å². The molecule has 0 aliphatic carbocycles. The molecule has 1 amide bonds. The maximum absolute atomic E-state index is 11.1. The number of amides is 1. The largest absolute Gasteiger partial charge is 0.353 e. The SMILES string of the molecule is C=CC(=O)NCCCc1c(C)cccc1C(C)(C)Cl. The Kier molecular flexibility index (Phi) is 5.61. The number of benzene rings is 1. The van der Waals surface area contributed by atoms with Gasteiger partial charge in [-0.05, 0) is 56.4 Å². The molecule has 0 unspecified atom stereocenters. The zero-order chi connectivity index (χ0) is 14.5. The van der Waals surface area contributed by atoms with Crippen LogP contribution in [0.3, 0.4) is 0 Å². The standard InChI is InChI=1S/C16H22ClNO/c1-5-15(19)18-11-7-9-13-12(2)8-6-10-14(13)16(3,4)17/h5-6,8,10H,1,7,9,11H2,2-4H3,(H,18,19). The fraction of sp³-hybridized carbons (Fsp3) is 0.438. The fourth-order valence-corrected chi connectivity index (χ4v) is 2.32. The van der Waals surface area contributed by atoms with Crippen molar-refractivity contribution in [3.8, 4) is 0 Å². The molecule has 0 spiro atoms. The van der Waals surface area contributed by atoms with Crippen LogP contribution in [-0.2, 0) is 16.1 Å². The molecule has 0 aliphatic heterocycles. The van der Waals surface area contributed by atoms with Gasteiger partial charge in [-0.25, -0.2) is 0 Å². The highest BCUT2D eigenvalue weighted by atomic mass is 35.5. The molecular formula is C16H22ClNO. The van der Waals surface area contributed by atoms with Gasteiger partial charge in [0.15, 0.2) is 0 Å². The molecule has 0 bridgehead atoms. The molecule has 1 rings (SSSR count). The maximum atomic E-state index is 11.1. The molecule has 0 saturated carbocycles. The molecule has 3 heteroatoms. The van der Waals surface area contributed by atoms with Crippen molar-refractivity contribution >= 4 is 17.5 Å². The third kappa shape index (κ3) is 4.71. The van der Waals surface area contributed by atoms with Gasteiger partial charge in [-0.1, -0.05) is 24.8 Å². The van der Waals surface area contributed by atoms with Crippen molar-refractivity contribution in [2.45, 2.75) is 38.5 Å². The van der Waals surface area contributed by atoms with Crippen LogP contribution >= 0.6 is 11.6 Å². The van der Waals surface area contributed by atoms with Crippen LogP contribution in [-0.4, -0.2) is 12.5 Å². The molecule has 0 atom stereocenters. The van der Waals surface area contributed by atoms with E-state index >= 15 is 0 Å². The van der Waals surface area contributed by atoms with Crippen molar-refractivity contribution in [2.75, 3.05) is 6.54 Å². The molecule has 2 nitrogen and oxygen atoms in total. The van der Waals surface area contributed by atoms with E-state index in [-0.39, 0.29) is 10.8 Å². The molecule has 0 aromatic heterocycles. The second kappa shape index (κ2) is 6.76. The van der Waals surface area contributed by atoms with E-state index in [0.717, 1.165) is 12.8 Å². The van der Waals surface area contributed by atoms with Crippen LogP contribution in [0.1, 0.15) is 37.0 Å². The van der Waals surface area contributed by atoms with Crippen molar-refractivity contribution in [3.05, 3.63) is 47.5 Å². The molecule has 104 valence electrons. The third-order valence-corrected chi connectivity index (χ3v) is 3.34. The minimum absolute atomic E-state index is 0.123. The van der Waals surface area contributed by atoms with Crippen molar-refractivity contribution in [1.82, 2.24) is 5.32 Å². The van der Waals surface area contributed by atoms with E-state index < -0.39 is 0 Å². The zero-order valence-corrected chi connectivity index (χ0v) is 12.7. The number of halogens is 1. The van der Waals surface area contributed by atoms with E-state index in [2.05, 4.69) is 31.0 Å². The number of rotatable bonds is 6. The Hall–Kier alpha value is -1.28. The number of nitrogens with one attached hydrogen (secondary N) is 1. The lowest BCUT2D eigenvalue weighted by Gasteiger charge is -2.22. The Morgan fingerprint density at radius 3 is 2.74 bits per heavy atom. The van der Waals surface area contributed by atoms with Crippen LogP contribution in [0.4, 0.5) is 0 Å². The van der Waals surface area contributed by atoms with Crippen LogP contribution in [0.5, 0.6) is 0 Å². The van der Waals surface area contributed by atoms with Crippen molar-refractivity contribution in [1.29, 1.82) is 0 Å². The molecule has 0 saturated heterocycles. The summed E-state index contributed by atoms with van der Waals surface area (Å²) < 4.78 is 0. The molecule has 19 heavy (non-hydrogen) atoms. The summed E-state index contributed by atoms with van der Waals surface area (Å²) in [6.45, 7) is 10.2. The average molecular weight is 280 g/mol. The van der Waals surface area contributed by atoms with Gasteiger partial charge in [0.2, 0.25) is 5.91 Å². The second-order valence-electron chi connectivity index (χ2n) is 5.17. The summed E-state index contributed by atoms with van der Waals surface area (Å²) >= 11 is 6.44. The highest BCUT2D eigenvalue weighted by Gasteiger charge is 2.20. The molecule has 0 heterocycles. The van der Waals surface area contributed by atoms with Crippen LogP contribution in [0.15, 0.2) is 30.9 Å². The first-order valence-electron chi connectivity index (χ1n) is 6.54. The zero-order valence-electron chi connectivity index (χ0n) is 11.9. The molecule has 1 aromatic rings. The molecule has 1 aromatic carbocycles. The lowest BCUT2D eigenvalue weighted by atomic mass is 9.90. The van der Waals surface area contributed by atoms with Crippen LogP contribution in [0, 0.1) is 6.92 Å². The van der Waals surface area contributed by atoms with Gasteiger partial charge >= 0.3 is 0 Å². The third-order valence-electron chi connectivity index (χ3n) is 3.14. The molecule has 0 aliphatic rings. The van der Waals surface area contributed by atoms with Crippen molar-refractivity contribution in [3.63, 3.8) is 0 Å². The summed E-state index contributed by atoms with van der Waals surface area (Å²) in [5, 5.41) is 2.79. The van der Waals surface area contributed by atoms with E-state index in [1.807, 2.05) is 19.9 Å². The maximum Gasteiger partial charge on any atom is 0.243 e. The molecule has 1 N–H and O–H groups in total. The highest BCUT2D eigenvalue weighted by molar-refractivity contribution is 6.23. The number of carbonyl (C=O) groups is 1. The summed E-state index contributed by atoms with van der Waals surface area (Å²) in [4.78, 5) is 10.7. The number of aryl methyl sites for hydroxylation is 1. The summed E-state index contributed by atoms with van der Waals surface area (Å²) in [6, 6.07) is 6.22. The van der Waals surface area contributed by atoms with E-state index in [0.29, 0.717) is 6.54 Å². The van der Waals surface area contributed by atoms with Gasteiger partial charge in [0.1, 0.15) is 0 Å². The normalized spacial score (nSPS) is 11.2. The quantitative estimate of drug-likeness (QED) is 0.480. The lowest BCUT2D eigenvalue weighted by molar-refractivity contribution is -0.116. The Morgan fingerprint density at radius 1 is 1.47 bits per heavy atom. The summed E-state index contributed by atoms with van der Waals surface area (Å²) in [5.74, 6) is -0.123. The second-order valence-corrected chi connectivity index (χ2v) is 6.12. The smallest absolute Gasteiger partial charge is 0.243 e. The Bertz CT molecular complexity index is 460. The van der Waals surface area contributed by atoms with Gasteiger partial charge in [0.05, 0.1) is 4.87 Å². The minimum atomic E-state index is -0.369. The van der Waals surface area contributed by atoms with Gasteiger partial charge in [-0.15, -0.1) is 11.6 Å². The first kappa shape index (κ1) is 15.8. The van der Waals surface area contributed by atoms with Crippen LogP contribution in [0.2, 0.25) is 0 Å². The Labute approximate surface area is 120 Å². The van der Waals surface area contributed by atoms with Gasteiger partial charge < -0.3 is 5.32 Å². The average Bonchev–Trinajstić information content (AvgIpc) is 2.34. The number of hydrogen-bond donors (Lipinski definition) is 1. The van der Waals surface area contributed by atoms with Crippen LogP contribution in [0.25, 0.3) is 0 Å². The van der Waals surface area contributed by atoms with Crippen molar-refractivity contribution in [2.24, 2.45) is 0 Å². The predicted octanol–water partition coefficient (Wildman–Crippen LogP) is 3.70.